The summed E-state index contributed by atoms with van der Waals surface area (Å²) in [6.07, 6.45) is 3.66. The van der Waals surface area contributed by atoms with Crippen LogP contribution in [0.3, 0.4) is 0 Å². The van der Waals surface area contributed by atoms with Crippen LogP contribution in [0.2, 0.25) is 0 Å². The van der Waals surface area contributed by atoms with Crippen molar-refractivity contribution in [3.05, 3.63) is 83.4 Å². The molecule has 0 unspecified atom stereocenters. The van der Waals surface area contributed by atoms with Crippen molar-refractivity contribution in [2.24, 2.45) is 0 Å². The maximum absolute atomic E-state index is 12.3. The number of aromatic hydroxyl groups is 1. The second kappa shape index (κ2) is 5.91. The first-order valence-electron chi connectivity index (χ1n) is 7.99. The lowest BCUT2D eigenvalue weighted by Crippen LogP contribution is -2.29. The van der Waals surface area contributed by atoms with E-state index >= 15 is 0 Å². The van der Waals surface area contributed by atoms with Gasteiger partial charge in [0.05, 0.1) is 11.1 Å². The van der Waals surface area contributed by atoms with E-state index < -0.39 is 0 Å². The molecule has 0 spiro atoms. The number of fused-ring (bicyclic) bond motifs is 2. The van der Waals surface area contributed by atoms with Gasteiger partial charge >= 0.3 is 0 Å². The standard InChI is InChI=1S/C21H15NO3/c23-19-12-4-10-15-14(6-3-11-16(15)19)7-5-13-22-20(24)17-8-1-2-9-18(17)21(22)25/h1-12,23H,13H2. The highest BCUT2D eigenvalue weighted by Gasteiger charge is 2.34. The van der Waals surface area contributed by atoms with Crippen LogP contribution < -0.4 is 0 Å². The van der Waals surface area contributed by atoms with E-state index in [2.05, 4.69) is 0 Å². The Kier molecular flexibility index (Phi) is 3.58. The molecule has 0 radical (unpaired) electrons. The van der Waals surface area contributed by atoms with E-state index in [1.165, 1.54) is 4.90 Å². The lowest BCUT2D eigenvalue weighted by Gasteiger charge is -2.10. The lowest BCUT2D eigenvalue weighted by molar-refractivity contribution is 0.0672. The Hall–Kier alpha value is -3.40. The Balaban J connectivity index is 1.60. The smallest absolute Gasteiger partial charge is 0.261 e. The third-order valence-electron chi connectivity index (χ3n) is 4.40. The van der Waals surface area contributed by atoms with Gasteiger partial charge in [0.2, 0.25) is 0 Å². The van der Waals surface area contributed by atoms with Gasteiger partial charge in [0.25, 0.3) is 11.8 Å². The number of phenols is 1. The van der Waals surface area contributed by atoms with Gasteiger partial charge in [0.15, 0.2) is 0 Å². The van der Waals surface area contributed by atoms with E-state index in [9.17, 15) is 14.7 Å². The lowest BCUT2D eigenvalue weighted by atomic mass is 10.0. The molecule has 1 aliphatic rings. The molecule has 3 aromatic carbocycles. The summed E-state index contributed by atoms with van der Waals surface area (Å²) in [6.45, 7) is 0.210. The molecule has 0 saturated carbocycles. The van der Waals surface area contributed by atoms with Gasteiger partial charge in [-0.05, 0) is 29.1 Å². The van der Waals surface area contributed by atoms with Crippen molar-refractivity contribution in [2.75, 3.05) is 6.54 Å². The van der Waals surface area contributed by atoms with Crippen molar-refractivity contribution in [3.63, 3.8) is 0 Å². The highest BCUT2D eigenvalue weighted by atomic mass is 16.3. The van der Waals surface area contributed by atoms with Crippen molar-refractivity contribution >= 4 is 28.7 Å². The summed E-state index contributed by atoms with van der Waals surface area (Å²) < 4.78 is 0. The zero-order chi connectivity index (χ0) is 17.4. The second-order valence-corrected chi connectivity index (χ2v) is 5.89. The molecule has 0 fully saturated rings. The van der Waals surface area contributed by atoms with Gasteiger partial charge in [0.1, 0.15) is 5.75 Å². The Bertz CT molecular complexity index is 1000. The van der Waals surface area contributed by atoms with Crippen LogP contribution in [0.25, 0.3) is 16.8 Å². The molecule has 4 rings (SSSR count). The summed E-state index contributed by atoms with van der Waals surface area (Å²) in [5.41, 5.74) is 1.83. The van der Waals surface area contributed by atoms with Crippen LogP contribution in [-0.2, 0) is 0 Å². The molecule has 0 saturated heterocycles. The minimum Gasteiger partial charge on any atom is -0.507 e. The molecular weight excluding hydrogens is 314 g/mol. The number of imide groups is 1. The van der Waals surface area contributed by atoms with Crippen LogP contribution in [0, 0.1) is 0 Å². The Morgan fingerprint density at radius 3 is 2.16 bits per heavy atom. The number of rotatable bonds is 3. The molecule has 4 nitrogen and oxygen atoms in total. The number of carbonyl (C=O) groups is 2. The molecule has 1 heterocycles. The molecule has 4 heteroatoms. The van der Waals surface area contributed by atoms with Gasteiger partial charge in [-0.25, -0.2) is 0 Å². The molecule has 0 aromatic heterocycles. The van der Waals surface area contributed by atoms with Gasteiger partial charge < -0.3 is 5.11 Å². The molecule has 122 valence electrons. The molecule has 0 aliphatic carbocycles. The quantitative estimate of drug-likeness (QED) is 0.743. The summed E-state index contributed by atoms with van der Waals surface area (Å²) in [6, 6.07) is 17.9. The summed E-state index contributed by atoms with van der Waals surface area (Å²) in [5, 5.41) is 11.6. The fourth-order valence-electron chi connectivity index (χ4n) is 3.15. The van der Waals surface area contributed by atoms with Crippen molar-refractivity contribution in [3.8, 4) is 5.75 Å². The third-order valence-corrected chi connectivity index (χ3v) is 4.40. The SMILES string of the molecule is O=C1c2ccccc2C(=O)N1CC=Cc1cccc2c(O)cccc12. The van der Waals surface area contributed by atoms with E-state index in [-0.39, 0.29) is 24.1 Å². The normalized spacial score (nSPS) is 13.8. The predicted molar refractivity (Wildman–Crippen MR) is 96.5 cm³/mol. The van der Waals surface area contributed by atoms with Crippen LogP contribution in [0.4, 0.5) is 0 Å². The van der Waals surface area contributed by atoms with Gasteiger partial charge in [-0.2, -0.15) is 0 Å². The highest BCUT2D eigenvalue weighted by molar-refractivity contribution is 6.21. The first-order valence-corrected chi connectivity index (χ1v) is 7.99. The minimum atomic E-state index is -0.263. The van der Waals surface area contributed by atoms with Crippen LogP contribution in [0.1, 0.15) is 26.3 Å². The van der Waals surface area contributed by atoms with Gasteiger partial charge in [-0.3, -0.25) is 14.5 Å². The Morgan fingerprint density at radius 2 is 1.44 bits per heavy atom. The maximum Gasteiger partial charge on any atom is 0.261 e. The monoisotopic (exact) mass is 329 g/mol. The zero-order valence-electron chi connectivity index (χ0n) is 13.3. The van der Waals surface area contributed by atoms with Crippen molar-refractivity contribution in [1.82, 2.24) is 4.90 Å². The van der Waals surface area contributed by atoms with Crippen molar-refractivity contribution in [2.45, 2.75) is 0 Å². The summed E-state index contributed by atoms with van der Waals surface area (Å²) in [4.78, 5) is 25.9. The van der Waals surface area contributed by atoms with Crippen LogP contribution >= 0.6 is 0 Å². The molecular formula is C21H15NO3. The zero-order valence-corrected chi connectivity index (χ0v) is 13.3. The van der Waals surface area contributed by atoms with E-state index in [0.29, 0.717) is 11.1 Å². The molecule has 0 atom stereocenters. The first kappa shape index (κ1) is 15.1. The average Bonchev–Trinajstić information content (AvgIpc) is 2.88. The van der Waals surface area contributed by atoms with E-state index in [4.69, 9.17) is 0 Å². The topological polar surface area (TPSA) is 57.6 Å². The van der Waals surface area contributed by atoms with Crippen molar-refractivity contribution in [1.29, 1.82) is 0 Å². The minimum absolute atomic E-state index is 0.210. The average molecular weight is 329 g/mol. The number of carbonyl (C=O) groups excluding carboxylic acids is 2. The number of phenolic OH excluding ortho intramolecular Hbond substituents is 1. The number of hydrogen-bond acceptors (Lipinski definition) is 3. The third kappa shape index (κ3) is 2.48. The Labute approximate surface area is 144 Å². The summed E-state index contributed by atoms with van der Waals surface area (Å²) in [5.74, 6) is -0.297. The van der Waals surface area contributed by atoms with Gasteiger partial charge in [0, 0.05) is 11.9 Å². The van der Waals surface area contributed by atoms with Crippen LogP contribution in [0.5, 0.6) is 5.75 Å². The van der Waals surface area contributed by atoms with Gasteiger partial charge in [-0.15, -0.1) is 0 Å². The molecule has 2 amide bonds. The maximum atomic E-state index is 12.3. The fourth-order valence-corrected chi connectivity index (χ4v) is 3.15. The largest absolute Gasteiger partial charge is 0.507 e. The van der Waals surface area contributed by atoms with E-state index in [0.717, 1.165) is 16.3 Å². The molecule has 1 aliphatic heterocycles. The predicted octanol–water partition coefficient (Wildman–Crippen LogP) is 3.85. The fraction of sp³-hybridized carbons (Fsp3) is 0.0476. The Morgan fingerprint density at radius 1 is 0.800 bits per heavy atom. The highest BCUT2D eigenvalue weighted by Crippen LogP contribution is 2.28. The molecule has 1 N–H and O–H groups in total. The molecule has 0 bridgehead atoms. The van der Waals surface area contributed by atoms with Crippen molar-refractivity contribution < 1.29 is 14.7 Å². The number of amides is 2. The number of benzene rings is 3. The second-order valence-electron chi connectivity index (χ2n) is 5.89. The summed E-state index contributed by atoms with van der Waals surface area (Å²) in [7, 11) is 0. The van der Waals surface area contributed by atoms with E-state index in [1.54, 1.807) is 42.5 Å². The van der Waals surface area contributed by atoms with E-state index in [1.807, 2.05) is 30.3 Å². The number of hydrogen-bond donors (Lipinski definition) is 1. The first-order chi connectivity index (χ1) is 12.2. The molecule has 3 aromatic rings. The number of nitrogens with zero attached hydrogens (tertiary/aromatic N) is 1. The van der Waals surface area contributed by atoms with Crippen LogP contribution in [-0.4, -0.2) is 28.4 Å². The van der Waals surface area contributed by atoms with Gasteiger partial charge in [-0.1, -0.05) is 54.6 Å². The van der Waals surface area contributed by atoms with Crippen LogP contribution in [0.15, 0.2) is 66.7 Å². The molecule has 25 heavy (non-hydrogen) atoms. The summed E-state index contributed by atoms with van der Waals surface area (Å²) >= 11 is 0.